The van der Waals surface area contributed by atoms with Crippen molar-refractivity contribution in [1.29, 1.82) is 0 Å². The molecule has 22 heavy (non-hydrogen) atoms. The summed E-state index contributed by atoms with van der Waals surface area (Å²) in [5.41, 5.74) is 4.78. The van der Waals surface area contributed by atoms with E-state index in [1.807, 2.05) is 0 Å². The highest BCUT2D eigenvalue weighted by atomic mass is 16.5. The van der Waals surface area contributed by atoms with Gasteiger partial charge in [-0.3, -0.25) is 32.2 Å². The van der Waals surface area contributed by atoms with E-state index in [1.165, 1.54) is 0 Å². The smallest absolute Gasteiger partial charge is 0.217 e. The maximum Gasteiger partial charge on any atom is 0.217 e. The molecule has 0 fully saturated rings. The molecule has 1 aliphatic rings. The molecule has 0 bridgehead atoms. The van der Waals surface area contributed by atoms with E-state index in [0.717, 1.165) is 0 Å². The fourth-order valence-corrected chi connectivity index (χ4v) is 1.10. The van der Waals surface area contributed by atoms with Gasteiger partial charge in [0, 0.05) is 0 Å². The first-order valence-electron chi connectivity index (χ1n) is 5.17. The number of hydrogen-bond acceptors (Lipinski definition) is 14. The third kappa shape index (κ3) is 3.34. The second-order valence-electron chi connectivity index (χ2n) is 2.90. The van der Waals surface area contributed by atoms with Crippen LogP contribution in [0.5, 0.6) is 0 Å². The standard InChI is InChI=1S/C4H2N12O2.2H4N2/c17-15-3(9-11-13-15)1-5-7-2(8-6-1)4-10-12-14-16(4)18;2*1-2/h(H,5,6)(H,7,8);2*1-2H2/q-2;;/p+2. The molecular weight excluding hydrogens is 304 g/mol. The molecule has 0 saturated carbocycles. The minimum absolute atomic E-state index is 0.0105. The molecular formula is C4H12N16O2. The van der Waals surface area contributed by atoms with Crippen LogP contribution in [0.15, 0.2) is 10.2 Å². The molecule has 1 aliphatic heterocycles. The average Bonchev–Trinajstić information content (AvgIpc) is 3.20. The molecule has 2 aromatic heterocycles. The lowest BCUT2D eigenvalue weighted by molar-refractivity contribution is -0.379. The fourth-order valence-electron chi connectivity index (χ4n) is 1.10. The van der Waals surface area contributed by atoms with Gasteiger partial charge < -0.3 is 10.4 Å². The molecule has 120 valence electrons. The van der Waals surface area contributed by atoms with Crippen LogP contribution in [0.2, 0.25) is 0 Å². The number of aromatic nitrogens is 8. The minimum Gasteiger partial charge on any atom is -0.787 e. The van der Waals surface area contributed by atoms with Crippen molar-refractivity contribution in [2.24, 2.45) is 21.9 Å². The summed E-state index contributed by atoms with van der Waals surface area (Å²) in [6.45, 7) is 0. The van der Waals surface area contributed by atoms with Gasteiger partial charge in [-0.2, -0.15) is 21.9 Å². The van der Waals surface area contributed by atoms with Gasteiger partial charge in [-0.05, 0) is 20.9 Å². The zero-order valence-electron chi connectivity index (χ0n) is 10.9. The quantitative estimate of drug-likeness (QED) is 0.222. The Morgan fingerprint density at radius 1 is 0.773 bits per heavy atom. The van der Waals surface area contributed by atoms with Gasteiger partial charge >= 0.3 is 0 Å². The van der Waals surface area contributed by atoms with Crippen LogP contribution in [0.25, 0.3) is 0 Å². The van der Waals surface area contributed by atoms with Crippen LogP contribution < -0.4 is 34.2 Å². The Balaban J connectivity index is 0.000000561. The van der Waals surface area contributed by atoms with Crippen LogP contribution in [0, 0.1) is 10.4 Å². The highest BCUT2D eigenvalue weighted by Gasteiger charge is 2.17. The molecule has 18 nitrogen and oxygen atoms in total. The van der Waals surface area contributed by atoms with Gasteiger partial charge in [0.1, 0.15) is 0 Å². The van der Waals surface area contributed by atoms with Crippen LogP contribution in [-0.2, 0) is 0 Å². The first-order valence-corrected chi connectivity index (χ1v) is 5.17. The van der Waals surface area contributed by atoms with Gasteiger partial charge in [-0.15, -0.1) is 10.2 Å². The fraction of sp³-hybridized carbons (Fsp3) is 0. The lowest BCUT2D eigenvalue weighted by Gasteiger charge is -2.15. The van der Waals surface area contributed by atoms with Crippen molar-refractivity contribution in [3.63, 3.8) is 0 Å². The van der Waals surface area contributed by atoms with E-state index >= 15 is 0 Å². The number of tetrazole rings is 2. The summed E-state index contributed by atoms with van der Waals surface area (Å²) < 4.78 is 0. The Bertz CT molecular complexity index is 582. The third-order valence-electron chi connectivity index (χ3n) is 1.85. The molecule has 2 aromatic rings. The summed E-state index contributed by atoms with van der Waals surface area (Å²) in [6, 6.07) is 0. The summed E-state index contributed by atoms with van der Waals surface area (Å²) in [5, 5.41) is 48.9. The van der Waals surface area contributed by atoms with Gasteiger partial charge in [0.05, 0.1) is 0 Å². The number of nitrogens with zero attached hydrogens (tertiary/aromatic N) is 10. The highest BCUT2D eigenvalue weighted by Crippen LogP contribution is 1.98. The maximum atomic E-state index is 11.1. The van der Waals surface area contributed by atoms with E-state index in [-0.39, 0.29) is 33.0 Å². The van der Waals surface area contributed by atoms with Crippen LogP contribution >= 0.6 is 0 Å². The second kappa shape index (κ2) is 7.95. The Kier molecular flexibility index (Phi) is 5.99. The number of nitrogens with two attached hydrogens (primary N) is 2. The van der Waals surface area contributed by atoms with Crippen molar-refractivity contribution in [3.8, 4) is 0 Å². The Labute approximate surface area is 120 Å². The van der Waals surface area contributed by atoms with Crippen LogP contribution in [-0.4, -0.2) is 52.4 Å². The third-order valence-corrected chi connectivity index (χ3v) is 1.85. The normalized spacial score (nSPS) is 12.4. The Hall–Kier alpha value is -3.48. The lowest BCUT2D eigenvalue weighted by Crippen LogP contribution is -2.59. The summed E-state index contributed by atoms with van der Waals surface area (Å²) in [5.74, 6) is 13.6. The van der Waals surface area contributed by atoms with Crippen molar-refractivity contribution >= 4 is 11.7 Å². The monoisotopic (exact) mass is 316 g/mol. The number of hydrazone groups is 2. The molecule has 0 aromatic carbocycles. The number of nitrogens with one attached hydrogen (secondary N) is 2. The average molecular weight is 316 g/mol. The van der Waals surface area contributed by atoms with Crippen LogP contribution in [0.3, 0.4) is 0 Å². The number of hydrogen-bond donors (Lipinski definition) is 6. The molecule has 12 N–H and O–H groups in total. The van der Waals surface area contributed by atoms with Crippen molar-refractivity contribution in [2.75, 3.05) is 0 Å². The van der Waals surface area contributed by atoms with Crippen molar-refractivity contribution in [3.05, 3.63) is 22.1 Å². The SMILES string of the molecule is N[NH3+].N[NH3+].[O-]n1nnnc1C1=NNC(c2nnnn2[O-])=NN1. The Morgan fingerprint density at radius 3 is 1.36 bits per heavy atom. The van der Waals surface area contributed by atoms with Gasteiger partial charge in [0.15, 0.2) is 0 Å². The van der Waals surface area contributed by atoms with Gasteiger partial charge in [0.25, 0.3) is 0 Å². The van der Waals surface area contributed by atoms with Crippen LogP contribution in [0.4, 0.5) is 0 Å². The van der Waals surface area contributed by atoms with E-state index in [1.54, 1.807) is 0 Å². The first kappa shape index (κ1) is 16.6. The van der Waals surface area contributed by atoms with E-state index in [9.17, 15) is 10.4 Å². The predicted molar refractivity (Wildman–Crippen MR) is 66.7 cm³/mol. The summed E-state index contributed by atoms with van der Waals surface area (Å²) in [7, 11) is 0. The van der Waals surface area contributed by atoms with Crippen molar-refractivity contribution < 1.29 is 11.7 Å². The Morgan fingerprint density at radius 2 is 1.14 bits per heavy atom. The zero-order valence-corrected chi connectivity index (χ0v) is 10.9. The largest absolute Gasteiger partial charge is 0.787 e. The molecule has 0 amide bonds. The predicted octanol–water partition coefficient (Wildman–Crippen LogP) is -7.23. The molecule has 0 radical (unpaired) electrons. The molecule has 0 spiro atoms. The zero-order chi connectivity index (χ0) is 16.5. The second-order valence-corrected chi connectivity index (χ2v) is 2.90. The lowest BCUT2D eigenvalue weighted by atomic mass is 10.5. The van der Waals surface area contributed by atoms with Gasteiger partial charge in [-0.1, -0.05) is 0 Å². The minimum atomic E-state index is -0.174. The number of quaternary nitrogens is 2. The van der Waals surface area contributed by atoms with Crippen molar-refractivity contribution in [2.45, 2.75) is 0 Å². The molecule has 3 rings (SSSR count). The van der Waals surface area contributed by atoms with Crippen LogP contribution in [0.1, 0.15) is 11.6 Å². The van der Waals surface area contributed by atoms with E-state index in [2.05, 4.69) is 75.5 Å². The molecule has 0 saturated heterocycles. The molecule has 0 aliphatic carbocycles. The maximum absolute atomic E-state index is 11.1. The van der Waals surface area contributed by atoms with Crippen molar-refractivity contribution in [1.82, 2.24) is 51.6 Å². The molecule has 18 heteroatoms. The molecule has 3 heterocycles. The summed E-state index contributed by atoms with van der Waals surface area (Å²) >= 11 is 0. The highest BCUT2D eigenvalue weighted by molar-refractivity contribution is 6.03. The number of rotatable bonds is 2. The van der Waals surface area contributed by atoms with E-state index in [4.69, 9.17) is 0 Å². The molecule has 0 unspecified atom stereocenters. The summed E-state index contributed by atoms with van der Waals surface area (Å²) in [6.07, 6.45) is 0. The van der Waals surface area contributed by atoms with E-state index in [0.29, 0.717) is 0 Å². The first-order chi connectivity index (χ1) is 10.8. The summed E-state index contributed by atoms with van der Waals surface area (Å²) in [4.78, 5) is 0.317. The van der Waals surface area contributed by atoms with Gasteiger partial charge in [-0.25, -0.2) is 0 Å². The van der Waals surface area contributed by atoms with Gasteiger partial charge in [0.2, 0.25) is 23.3 Å². The topological polar surface area (TPSA) is 289 Å². The molecule has 0 atom stereocenters. The number of amidine groups is 2. The van der Waals surface area contributed by atoms with E-state index < -0.39 is 0 Å².